The number of halogens is 2. The van der Waals surface area contributed by atoms with Crippen molar-refractivity contribution in [3.05, 3.63) is 28.0 Å². The summed E-state index contributed by atoms with van der Waals surface area (Å²) in [6, 6.07) is 1.84. The Labute approximate surface area is 130 Å². The Hall–Kier alpha value is -0.800. The average Bonchev–Trinajstić information content (AvgIpc) is 2.48. The molecule has 0 bridgehead atoms. The van der Waals surface area contributed by atoms with Crippen LogP contribution in [0.2, 0.25) is 10.2 Å². The van der Waals surface area contributed by atoms with Crippen LogP contribution in [0.1, 0.15) is 49.4 Å². The molecule has 0 aliphatic heterocycles. The molecule has 20 heavy (non-hydrogen) atoms. The molecule has 0 atom stereocenters. The van der Waals surface area contributed by atoms with E-state index in [1.807, 2.05) is 11.9 Å². The fourth-order valence-electron chi connectivity index (χ4n) is 2.87. The number of carbonyl (C=O) groups excluding carboxylic acids is 1. The van der Waals surface area contributed by atoms with E-state index in [2.05, 4.69) is 11.9 Å². The number of aromatic nitrogens is 1. The number of amides is 1. The lowest BCUT2D eigenvalue weighted by molar-refractivity contribution is 0.0675. The van der Waals surface area contributed by atoms with Crippen molar-refractivity contribution in [3.63, 3.8) is 0 Å². The van der Waals surface area contributed by atoms with Crippen molar-refractivity contribution in [1.82, 2.24) is 9.88 Å². The van der Waals surface area contributed by atoms with Crippen LogP contribution in [0.15, 0.2) is 12.3 Å². The van der Waals surface area contributed by atoms with Crippen LogP contribution in [0.3, 0.4) is 0 Å². The second-order valence-corrected chi connectivity index (χ2v) is 6.28. The van der Waals surface area contributed by atoms with Crippen molar-refractivity contribution in [1.29, 1.82) is 0 Å². The van der Waals surface area contributed by atoms with Crippen LogP contribution in [0.5, 0.6) is 0 Å². The molecule has 5 heteroatoms. The van der Waals surface area contributed by atoms with Gasteiger partial charge in [0.2, 0.25) is 0 Å². The van der Waals surface area contributed by atoms with Crippen molar-refractivity contribution in [2.75, 3.05) is 7.05 Å². The van der Waals surface area contributed by atoms with Crippen LogP contribution >= 0.6 is 23.2 Å². The number of pyridine rings is 1. The molecule has 1 amide bonds. The Morgan fingerprint density at radius 2 is 2.00 bits per heavy atom. The highest BCUT2D eigenvalue weighted by Crippen LogP contribution is 2.30. The van der Waals surface area contributed by atoms with Gasteiger partial charge in [-0.2, -0.15) is 0 Å². The van der Waals surface area contributed by atoms with Gasteiger partial charge in [0.05, 0.1) is 10.6 Å². The molecule has 3 nitrogen and oxygen atoms in total. The van der Waals surface area contributed by atoms with Crippen molar-refractivity contribution in [2.24, 2.45) is 5.92 Å². The zero-order valence-corrected chi connectivity index (χ0v) is 13.4. The summed E-state index contributed by atoms with van der Waals surface area (Å²) >= 11 is 11.9. The van der Waals surface area contributed by atoms with Gasteiger partial charge in [-0.05, 0) is 37.7 Å². The van der Waals surface area contributed by atoms with Gasteiger partial charge >= 0.3 is 0 Å². The lowest BCUT2D eigenvalue weighted by Gasteiger charge is -2.34. The van der Waals surface area contributed by atoms with E-state index < -0.39 is 0 Å². The quantitative estimate of drug-likeness (QED) is 0.773. The van der Waals surface area contributed by atoms with Gasteiger partial charge in [0, 0.05) is 19.3 Å². The second kappa shape index (κ2) is 6.77. The molecule has 1 heterocycles. The van der Waals surface area contributed by atoms with Crippen LogP contribution < -0.4 is 0 Å². The number of hydrogen-bond donors (Lipinski definition) is 0. The molecule has 1 aromatic heterocycles. The Kier molecular flexibility index (Phi) is 5.28. The van der Waals surface area contributed by atoms with E-state index in [9.17, 15) is 4.79 Å². The Balaban J connectivity index is 2.07. The lowest BCUT2D eigenvalue weighted by atomic mass is 9.84. The Bertz CT molecular complexity index is 485. The Morgan fingerprint density at radius 3 is 2.60 bits per heavy atom. The molecule has 0 radical (unpaired) electrons. The molecule has 0 saturated heterocycles. The molecule has 1 aliphatic carbocycles. The van der Waals surface area contributed by atoms with Crippen molar-refractivity contribution in [2.45, 2.75) is 45.1 Å². The number of rotatable bonds is 3. The summed E-state index contributed by atoms with van der Waals surface area (Å²) in [7, 11) is 1.85. The Morgan fingerprint density at radius 1 is 1.35 bits per heavy atom. The van der Waals surface area contributed by atoms with Gasteiger partial charge in [0.25, 0.3) is 5.91 Å². The maximum absolute atomic E-state index is 12.5. The zero-order valence-electron chi connectivity index (χ0n) is 11.9. The van der Waals surface area contributed by atoms with E-state index in [0.29, 0.717) is 21.8 Å². The fraction of sp³-hybridized carbons (Fsp3) is 0.600. The lowest BCUT2D eigenvalue weighted by Crippen LogP contribution is -2.39. The summed E-state index contributed by atoms with van der Waals surface area (Å²) in [6.45, 7) is 2.23. The van der Waals surface area contributed by atoms with Crippen molar-refractivity contribution in [3.8, 4) is 0 Å². The topological polar surface area (TPSA) is 33.2 Å². The molecule has 0 unspecified atom stereocenters. The normalized spacial score (nSPS) is 22.6. The van der Waals surface area contributed by atoms with Crippen molar-refractivity contribution < 1.29 is 4.79 Å². The summed E-state index contributed by atoms with van der Waals surface area (Å²) < 4.78 is 0. The largest absolute Gasteiger partial charge is 0.339 e. The summed E-state index contributed by atoms with van der Waals surface area (Å²) in [6.07, 6.45) is 7.19. The fourth-order valence-corrected chi connectivity index (χ4v) is 3.22. The molecule has 1 saturated carbocycles. The first-order valence-electron chi connectivity index (χ1n) is 7.11. The summed E-state index contributed by atoms with van der Waals surface area (Å²) in [5.41, 5.74) is 0.437. The van der Waals surface area contributed by atoms with Crippen LogP contribution in [-0.4, -0.2) is 28.9 Å². The monoisotopic (exact) mass is 314 g/mol. The van der Waals surface area contributed by atoms with E-state index in [1.54, 1.807) is 6.07 Å². The van der Waals surface area contributed by atoms with Gasteiger partial charge < -0.3 is 4.90 Å². The predicted molar refractivity (Wildman–Crippen MR) is 82.4 cm³/mol. The van der Waals surface area contributed by atoms with Crippen LogP contribution in [-0.2, 0) is 0 Å². The first-order chi connectivity index (χ1) is 9.52. The third kappa shape index (κ3) is 3.44. The van der Waals surface area contributed by atoms with Crippen molar-refractivity contribution >= 4 is 29.1 Å². The minimum absolute atomic E-state index is 0.0701. The molecule has 1 aliphatic rings. The number of nitrogens with zero attached hydrogens (tertiary/aromatic N) is 2. The minimum atomic E-state index is -0.0701. The average molecular weight is 315 g/mol. The highest BCUT2D eigenvalue weighted by molar-refractivity contribution is 6.35. The molecule has 1 fully saturated rings. The summed E-state index contributed by atoms with van der Waals surface area (Å²) in [5, 5.41) is 0.648. The summed E-state index contributed by atoms with van der Waals surface area (Å²) in [4.78, 5) is 18.2. The molecule has 110 valence electrons. The molecule has 0 spiro atoms. The second-order valence-electron chi connectivity index (χ2n) is 5.49. The molecular weight excluding hydrogens is 295 g/mol. The number of carbonyl (C=O) groups is 1. The SMILES string of the molecule is CCC1CCC(N(C)C(=O)c2cc(Cl)ncc2Cl)CC1. The van der Waals surface area contributed by atoms with E-state index >= 15 is 0 Å². The van der Waals surface area contributed by atoms with Gasteiger partial charge in [0.1, 0.15) is 5.15 Å². The molecular formula is C15H20Cl2N2O. The van der Waals surface area contributed by atoms with E-state index in [0.717, 1.165) is 18.8 Å². The maximum Gasteiger partial charge on any atom is 0.255 e. The van der Waals surface area contributed by atoms with Crippen LogP contribution in [0.4, 0.5) is 0 Å². The van der Waals surface area contributed by atoms with Gasteiger partial charge in [0.15, 0.2) is 0 Å². The van der Waals surface area contributed by atoms with Gasteiger partial charge in [-0.3, -0.25) is 4.79 Å². The maximum atomic E-state index is 12.5. The minimum Gasteiger partial charge on any atom is -0.339 e. The summed E-state index contributed by atoms with van der Waals surface area (Å²) in [5.74, 6) is 0.743. The standard InChI is InChI=1S/C15H20Cl2N2O/c1-3-10-4-6-11(7-5-10)19(2)15(20)12-8-14(17)18-9-13(12)16/h8-11H,3-7H2,1-2H3. The van der Waals surface area contributed by atoms with Crippen LogP contribution in [0, 0.1) is 5.92 Å². The predicted octanol–water partition coefficient (Wildman–Crippen LogP) is 4.43. The molecule has 2 rings (SSSR count). The van der Waals surface area contributed by atoms with Gasteiger partial charge in [-0.1, -0.05) is 36.5 Å². The highest BCUT2D eigenvalue weighted by Gasteiger charge is 2.27. The van der Waals surface area contributed by atoms with E-state index in [4.69, 9.17) is 23.2 Å². The smallest absolute Gasteiger partial charge is 0.255 e. The van der Waals surface area contributed by atoms with Gasteiger partial charge in [-0.25, -0.2) is 4.98 Å². The highest BCUT2D eigenvalue weighted by atomic mass is 35.5. The first-order valence-corrected chi connectivity index (χ1v) is 7.86. The molecule has 1 aromatic rings. The van der Waals surface area contributed by atoms with E-state index in [-0.39, 0.29) is 5.91 Å². The van der Waals surface area contributed by atoms with E-state index in [1.165, 1.54) is 25.5 Å². The third-order valence-electron chi connectivity index (χ3n) is 4.31. The zero-order chi connectivity index (χ0) is 14.7. The molecule has 0 N–H and O–H groups in total. The molecule has 0 aromatic carbocycles. The van der Waals surface area contributed by atoms with Crippen LogP contribution in [0.25, 0.3) is 0 Å². The third-order valence-corrected chi connectivity index (χ3v) is 4.82. The first kappa shape index (κ1) is 15.6. The van der Waals surface area contributed by atoms with Gasteiger partial charge in [-0.15, -0.1) is 0 Å². The number of hydrogen-bond acceptors (Lipinski definition) is 2.